The Bertz CT molecular complexity index is 894. The minimum absolute atomic E-state index is 0.0750. The molecule has 0 aliphatic heterocycles. The van der Waals surface area contributed by atoms with Crippen LogP contribution in [0.5, 0.6) is 0 Å². The first kappa shape index (κ1) is 20.8. The number of benzene rings is 2. The number of hydrogen-bond acceptors (Lipinski definition) is 3. The van der Waals surface area contributed by atoms with E-state index >= 15 is 0 Å². The molecule has 1 N–H and O–H groups in total. The van der Waals surface area contributed by atoms with Crippen molar-refractivity contribution >= 4 is 11.9 Å². The van der Waals surface area contributed by atoms with Crippen molar-refractivity contribution in [1.29, 1.82) is 0 Å². The summed E-state index contributed by atoms with van der Waals surface area (Å²) < 4.78 is 56.4. The van der Waals surface area contributed by atoms with Gasteiger partial charge in [-0.15, -0.1) is 0 Å². The van der Waals surface area contributed by atoms with Gasteiger partial charge in [0.25, 0.3) is 0 Å². The van der Waals surface area contributed by atoms with Gasteiger partial charge in [0, 0.05) is 12.5 Å². The lowest BCUT2D eigenvalue weighted by Crippen LogP contribution is -2.39. The standard InChI is InChI=1S/C21H19F4NO3/c1-2-29-19(28)20(18(27)26-12-13-3-9-16(22)10-4-13)11-17(20)14-5-7-15(8-6-14)21(23,24)25/h3-10,17H,2,11-12H2,1H3,(H,26,27). The average molecular weight is 409 g/mol. The zero-order chi connectivity index (χ0) is 21.2. The van der Waals surface area contributed by atoms with E-state index in [1.54, 1.807) is 6.92 Å². The maximum atomic E-state index is 13.0. The van der Waals surface area contributed by atoms with Crippen LogP contribution >= 0.6 is 0 Å². The lowest BCUT2D eigenvalue weighted by Gasteiger charge is -2.17. The van der Waals surface area contributed by atoms with Gasteiger partial charge < -0.3 is 10.1 Å². The van der Waals surface area contributed by atoms with Gasteiger partial charge in [-0.3, -0.25) is 9.59 Å². The predicted molar refractivity (Wildman–Crippen MR) is 96.1 cm³/mol. The number of carbonyl (C=O) groups excluding carboxylic acids is 2. The molecule has 1 saturated carbocycles. The van der Waals surface area contributed by atoms with Gasteiger partial charge in [-0.1, -0.05) is 24.3 Å². The van der Waals surface area contributed by atoms with Crippen LogP contribution in [0, 0.1) is 11.2 Å². The maximum absolute atomic E-state index is 13.0. The second-order valence-corrected chi connectivity index (χ2v) is 6.88. The number of hydrogen-bond donors (Lipinski definition) is 1. The molecule has 2 aromatic rings. The van der Waals surface area contributed by atoms with E-state index in [4.69, 9.17) is 4.74 Å². The third kappa shape index (κ3) is 4.26. The van der Waals surface area contributed by atoms with E-state index in [1.807, 2.05) is 0 Å². The SMILES string of the molecule is CCOC(=O)C1(C(=O)NCc2ccc(F)cc2)CC1c1ccc(C(F)(F)F)cc1. The van der Waals surface area contributed by atoms with Gasteiger partial charge in [-0.2, -0.15) is 13.2 Å². The second-order valence-electron chi connectivity index (χ2n) is 6.88. The fourth-order valence-corrected chi connectivity index (χ4v) is 3.34. The van der Waals surface area contributed by atoms with E-state index in [2.05, 4.69) is 5.32 Å². The van der Waals surface area contributed by atoms with Gasteiger partial charge in [0.1, 0.15) is 5.82 Å². The molecular weight excluding hydrogens is 390 g/mol. The number of amides is 1. The monoisotopic (exact) mass is 409 g/mol. The molecule has 154 valence electrons. The summed E-state index contributed by atoms with van der Waals surface area (Å²) in [6.07, 6.45) is -4.32. The van der Waals surface area contributed by atoms with Crippen LogP contribution in [-0.2, 0) is 27.0 Å². The van der Waals surface area contributed by atoms with Crippen LogP contribution in [0.3, 0.4) is 0 Å². The van der Waals surface area contributed by atoms with E-state index in [1.165, 1.54) is 36.4 Å². The Morgan fingerprint density at radius 2 is 1.72 bits per heavy atom. The third-order valence-corrected chi connectivity index (χ3v) is 5.01. The molecule has 0 bridgehead atoms. The summed E-state index contributed by atoms with van der Waals surface area (Å²) in [6.45, 7) is 1.77. The van der Waals surface area contributed by atoms with E-state index in [0.717, 1.165) is 12.1 Å². The van der Waals surface area contributed by atoms with E-state index in [0.29, 0.717) is 11.1 Å². The quantitative estimate of drug-likeness (QED) is 0.442. The fraction of sp³-hybridized carbons (Fsp3) is 0.333. The maximum Gasteiger partial charge on any atom is 0.416 e. The number of nitrogens with one attached hydrogen (secondary N) is 1. The molecule has 0 spiro atoms. The van der Waals surface area contributed by atoms with Gasteiger partial charge in [0.15, 0.2) is 5.41 Å². The van der Waals surface area contributed by atoms with Gasteiger partial charge in [0.2, 0.25) is 5.91 Å². The van der Waals surface area contributed by atoms with Crippen LogP contribution in [-0.4, -0.2) is 18.5 Å². The molecule has 8 heteroatoms. The number of rotatable bonds is 6. The highest BCUT2D eigenvalue weighted by Crippen LogP contribution is 2.60. The molecule has 2 aromatic carbocycles. The molecule has 1 aliphatic rings. The molecule has 0 heterocycles. The topological polar surface area (TPSA) is 55.4 Å². The minimum Gasteiger partial charge on any atom is -0.465 e. The van der Waals surface area contributed by atoms with Crippen molar-refractivity contribution in [3.63, 3.8) is 0 Å². The van der Waals surface area contributed by atoms with Crippen molar-refractivity contribution in [2.75, 3.05) is 6.61 Å². The molecule has 2 atom stereocenters. The summed E-state index contributed by atoms with van der Waals surface area (Å²) >= 11 is 0. The number of alkyl halides is 3. The molecule has 4 nitrogen and oxygen atoms in total. The van der Waals surface area contributed by atoms with Gasteiger partial charge in [-0.05, 0) is 48.7 Å². The third-order valence-electron chi connectivity index (χ3n) is 5.01. The molecule has 29 heavy (non-hydrogen) atoms. The molecule has 1 amide bonds. The summed E-state index contributed by atoms with van der Waals surface area (Å²) in [6, 6.07) is 9.94. The van der Waals surface area contributed by atoms with E-state index in [-0.39, 0.29) is 19.6 Å². The molecule has 3 rings (SSSR count). The lowest BCUT2D eigenvalue weighted by molar-refractivity contribution is -0.154. The highest BCUT2D eigenvalue weighted by atomic mass is 19.4. The van der Waals surface area contributed by atoms with Gasteiger partial charge in [-0.25, -0.2) is 4.39 Å². The van der Waals surface area contributed by atoms with Crippen molar-refractivity contribution in [3.8, 4) is 0 Å². The van der Waals surface area contributed by atoms with Crippen LogP contribution in [0.2, 0.25) is 0 Å². The Morgan fingerprint density at radius 3 is 2.28 bits per heavy atom. The van der Waals surface area contributed by atoms with E-state index < -0.39 is 40.8 Å². The van der Waals surface area contributed by atoms with E-state index in [9.17, 15) is 27.2 Å². The van der Waals surface area contributed by atoms with Crippen molar-refractivity contribution in [2.24, 2.45) is 5.41 Å². The number of halogens is 4. The molecule has 0 radical (unpaired) electrons. The van der Waals surface area contributed by atoms with Gasteiger partial charge >= 0.3 is 12.1 Å². The first-order chi connectivity index (χ1) is 13.7. The molecule has 0 aromatic heterocycles. The molecular formula is C21H19F4NO3. The van der Waals surface area contributed by atoms with Crippen LogP contribution in [0.15, 0.2) is 48.5 Å². The highest BCUT2D eigenvalue weighted by molar-refractivity contribution is 6.07. The summed E-state index contributed by atoms with van der Waals surface area (Å²) in [7, 11) is 0. The second kappa shape index (κ2) is 7.85. The summed E-state index contributed by atoms with van der Waals surface area (Å²) in [5.74, 6) is -2.25. The largest absolute Gasteiger partial charge is 0.465 e. The minimum atomic E-state index is -4.47. The number of esters is 1. The molecule has 0 saturated heterocycles. The Morgan fingerprint density at radius 1 is 1.10 bits per heavy atom. The van der Waals surface area contributed by atoms with Crippen LogP contribution in [0.4, 0.5) is 17.6 Å². The van der Waals surface area contributed by atoms with Gasteiger partial charge in [0.05, 0.1) is 12.2 Å². The van der Waals surface area contributed by atoms with Crippen molar-refractivity contribution in [3.05, 3.63) is 71.0 Å². The lowest BCUT2D eigenvalue weighted by atomic mass is 9.97. The Labute approximate surface area is 164 Å². The molecule has 1 fully saturated rings. The highest BCUT2D eigenvalue weighted by Gasteiger charge is 2.67. The van der Waals surface area contributed by atoms with Crippen molar-refractivity contribution < 1.29 is 31.9 Å². The smallest absolute Gasteiger partial charge is 0.416 e. The average Bonchev–Trinajstić information content (AvgIpc) is 3.44. The number of carbonyl (C=O) groups is 2. The van der Waals surface area contributed by atoms with Crippen LogP contribution < -0.4 is 5.32 Å². The van der Waals surface area contributed by atoms with Crippen LogP contribution in [0.1, 0.15) is 36.0 Å². The molecule has 2 unspecified atom stereocenters. The predicted octanol–water partition coefficient (Wildman–Crippen LogP) is 4.20. The molecule has 1 aliphatic carbocycles. The number of ether oxygens (including phenoxy) is 1. The Hall–Kier alpha value is -2.90. The zero-order valence-electron chi connectivity index (χ0n) is 15.6. The first-order valence-corrected chi connectivity index (χ1v) is 9.05. The van der Waals surface area contributed by atoms with Crippen molar-refractivity contribution in [1.82, 2.24) is 5.32 Å². The van der Waals surface area contributed by atoms with Crippen molar-refractivity contribution in [2.45, 2.75) is 32.0 Å². The normalized spacial score (nSPS) is 20.8. The van der Waals surface area contributed by atoms with Crippen LogP contribution in [0.25, 0.3) is 0 Å². The first-order valence-electron chi connectivity index (χ1n) is 9.05. The summed E-state index contributed by atoms with van der Waals surface area (Å²) in [4.78, 5) is 25.3. The Kier molecular flexibility index (Phi) is 5.64. The zero-order valence-corrected chi connectivity index (χ0v) is 15.6. The fourth-order valence-electron chi connectivity index (χ4n) is 3.34. The Balaban J connectivity index is 1.77. The summed E-state index contributed by atoms with van der Waals surface area (Å²) in [5, 5.41) is 2.65. The summed E-state index contributed by atoms with van der Waals surface area (Å²) in [5.41, 5.74) is -1.17.